The molecule has 0 unspecified atom stereocenters. The number of carbonyl (C=O) groups is 2. The smallest absolute Gasteiger partial charge is 0.375 e. The number of rotatable bonds is 4. The Labute approximate surface area is 149 Å². The number of amides is 1. The number of fused-ring (bicyclic) bond motifs is 1. The lowest BCUT2D eigenvalue weighted by Crippen LogP contribution is -2.29. The van der Waals surface area contributed by atoms with Gasteiger partial charge in [-0.3, -0.25) is 4.79 Å². The van der Waals surface area contributed by atoms with Crippen molar-refractivity contribution in [1.29, 1.82) is 0 Å². The highest BCUT2D eigenvalue weighted by Gasteiger charge is 2.21. The monoisotopic (exact) mass is 357 g/mol. The quantitative estimate of drug-likeness (QED) is 0.694. The van der Waals surface area contributed by atoms with Gasteiger partial charge in [-0.2, -0.15) is 0 Å². The summed E-state index contributed by atoms with van der Waals surface area (Å²) in [6, 6.07) is 13.9. The van der Waals surface area contributed by atoms with Gasteiger partial charge in [-0.25, -0.2) is 4.79 Å². The fourth-order valence-electron chi connectivity index (χ4n) is 2.27. The minimum Gasteiger partial charge on any atom is -0.449 e. The van der Waals surface area contributed by atoms with Gasteiger partial charge in [0, 0.05) is 16.1 Å². The first-order chi connectivity index (χ1) is 11.9. The number of benzene rings is 2. The Morgan fingerprint density at radius 2 is 1.84 bits per heavy atom. The van der Waals surface area contributed by atoms with E-state index in [-0.39, 0.29) is 5.76 Å². The summed E-state index contributed by atoms with van der Waals surface area (Å²) >= 11 is 5.91. The summed E-state index contributed by atoms with van der Waals surface area (Å²) in [6.07, 6.45) is -0.967. The molecule has 128 valence electrons. The Bertz CT molecular complexity index is 930. The molecule has 0 radical (unpaired) electrons. The lowest BCUT2D eigenvalue weighted by molar-refractivity contribution is -0.123. The molecule has 3 aromatic rings. The molecule has 0 spiro atoms. The minimum atomic E-state index is -0.967. The zero-order valence-electron chi connectivity index (χ0n) is 13.7. The maximum atomic E-state index is 12.2. The highest BCUT2D eigenvalue weighted by Crippen LogP contribution is 2.23. The average molecular weight is 358 g/mol. The van der Waals surface area contributed by atoms with Crippen LogP contribution in [0.2, 0.25) is 5.02 Å². The van der Waals surface area contributed by atoms with Gasteiger partial charge in [0.25, 0.3) is 5.91 Å². The van der Waals surface area contributed by atoms with Crippen LogP contribution in [0.3, 0.4) is 0 Å². The van der Waals surface area contributed by atoms with E-state index in [1.54, 1.807) is 30.3 Å². The molecule has 0 aliphatic rings. The van der Waals surface area contributed by atoms with Crippen molar-refractivity contribution in [2.45, 2.75) is 20.0 Å². The number of halogens is 1. The summed E-state index contributed by atoms with van der Waals surface area (Å²) in [6.45, 7) is 3.46. The number of esters is 1. The largest absolute Gasteiger partial charge is 0.449 e. The van der Waals surface area contributed by atoms with E-state index in [0.717, 1.165) is 5.56 Å². The first kappa shape index (κ1) is 17.0. The minimum absolute atomic E-state index is 0.0206. The van der Waals surface area contributed by atoms with Gasteiger partial charge >= 0.3 is 5.97 Å². The van der Waals surface area contributed by atoms with Crippen LogP contribution >= 0.6 is 11.6 Å². The number of hydrogen-bond donors (Lipinski definition) is 1. The van der Waals surface area contributed by atoms with Crippen LogP contribution in [-0.4, -0.2) is 18.0 Å². The Morgan fingerprint density at radius 1 is 1.12 bits per heavy atom. The average Bonchev–Trinajstić information content (AvgIpc) is 3.00. The molecule has 0 aliphatic carbocycles. The maximum Gasteiger partial charge on any atom is 0.375 e. The lowest BCUT2D eigenvalue weighted by Gasteiger charge is -2.12. The molecule has 6 heteroatoms. The summed E-state index contributed by atoms with van der Waals surface area (Å²) in [5.41, 5.74) is 2.24. The third-order valence-electron chi connectivity index (χ3n) is 3.65. The van der Waals surface area contributed by atoms with Crippen LogP contribution in [0, 0.1) is 6.92 Å². The predicted octanol–water partition coefficient (Wildman–Crippen LogP) is 4.58. The van der Waals surface area contributed by atoms with Crippen molar-refractivity contribution >= 4 is 40.1 Å². The van der Waals surface area contributed by atoms with Gasteiger partial charge in [0.1, 0.15) is 5.58 Å². The first-order valence-electron chi connectivity index (χ1n) is 7.70. The molecule has 1 amide bonds. The topological polar surface area (TPSA) is 68.5 Å². The van der Waals surface area contributed by atoms with Crippen molar-refractivity contribution in [2.75, 3.05) is 5.32 Å². The summed E-state index contributed by atoms with van der Waals surface area (Å²) in [4.78, 5) is 24.3. The van der Waals surface area contributed by atoms with Gasteiger partial charge < -0.3 is 14.5 Å². The molecule has 0 saturated carbocycles. The van der Waals surface area contributed by atoms with Crippen molar-refractivity contribution in [2.24, 2.45) is 0 Å². The fourth-order valence-corrected chi connectivity index (χ4v) is 2.45. The Balaban J connectivity index is 1.66. The van der Waals surface area contributed by atoms with Gasteiger partial charge in [0.05, 0.1) is 0 Å². The fraction of sp³-hybridized carbons (Fsp3) is 0.158. The molecule has 1 heterocycles. The lowest BCUT2D eigenvalue weighted by atomic mass is 10.2. The highest BCUT2D eigenvalue weighted by atomic mass is 35.5. The van der Waals surface area contributed by atoms with E-state index in [2.05, 4.69) is 5.32 Å². The summed E-state index contributed by atoms with van der Waals surface area (Å²) in [5.74, 6) is -1.11. The number of hydrogen-bond acceptors (Lipinski definition) is 4. The number of anilines is 1. The van der Waals surface area contributed by atoms with Crippen LogP contribution < -0.4 is 5.32 Å². The van der Waals surface area contributed by atoms with E-state index < -0.39 is 18.0 Å². The van der Waals surface area contributed by atoms with Crippen molar-refractivity contribution in [3.8, 4) is 0 Å². The van der Waals surface area contributed by atoms with Crippen LogP contribution in [0.4, 0.5) is 5.69 Å². The summed E-state index contributed by atoms with van der Waals surface area (Å²) < 4.78 is 10.6. The summed E-state index contributed by atoms with van der Waals surface area (Å²) in [5, 5.41) is 3.93. The molecule has 1 N–H and O–H groups in total. The summed E-state index contributed by atoms with van der Waals surface area (Å²) in [7, 11) is 0. The Hall–Kier alpha value is -2.79. The van der Waals surface area contributed by atoms with E-state index >= 15 is 0 Å². The highest BCUT2D eigenvalue weighted by molar-refractivity contribution is 6.31. The van der Waals surface area contributed by atoms with Gasteiger partial charge in [0.15, 0.2) is 6.10 Å². The number of carbonyl (C=O) groups excluding carboxylic acids is 2. The Morgan fingerprint density at radius 3 is 2.56 bits per heavy atom. The number of aryl methyl sites for hydroxylation is 1. The molecule has 0 fully saturated rings. The third-order valence-corrected chi connectivity index (χ3v) is 3.89. The van der Waals surface area contributed by atoms with E-state index in [1.807, 2.05) is 19.1 Å². The van der Waals surface area contributed by atoms with Crippen molar-refractivity contribution < 1.29 is 18.7 Å². The predicted molar refractivity (Wildman–Crippen MR) is 95.9 cm³/mol. The normalized spacial score (nSPS) is 12.0. The molecule has 5 nitrogen and oxygen atoms in total. The van der Waals surface area contributed by atoms with Crippen molar-refractivity contribution in [1.82, 2.24) is 0 Å². The molecule has 0 bridgehead atoms. The van der Waals surface area contributed by atoms with Crippen LogP contribution in [0.25, 0.3) is 11.0 Å². The zero-order valence-corrected chi connectivity index (χ0v) is 14.5. The molecule has 0 aliphatic heterocycles. The van der Waals surface area contributed by atoms with Gasteiger partial charge in [-0.05, 0) is 50.2 Å². The van der Waals surface area contributed by atoms with E-state index in [9.17, 15) is 9.59 Å². The molecule has 0 saturated heterocycles. The van der Waals surface area contributed by atoms with Gasteiger partial charge in [0.2, 0.25) is 5.76 Å². The van der Waals surface area contributed by atoms with Crippen LogP contribution in [-0.2, 0) is 9.53 Å². The molecule has 1 aromatic heterocycles. The number of ether oxygens (including phenoxy) is 1. The first-order valence-corrected chi connectivity index (χ1v) is 8.08. The second-order valence-corrected chi connectivity index (χ2v) is 6.13. The molecule has 25 heavy (non-hydrogen) atoms. The van der Waals surface area contributed by atoms with Crippen LogP contribution in [0.5, 0.6) is 0 Å². The standard InChI is InChI=1S/C19H16ClNO4/c1-11-3-6-15(7-4-11)21-18(22)12(2)24-19(23)17-10-13-9-14(20)5-8-16(13)25-17/h3-10,12H,1-2H3,(H,21,22)/t12-/m0/s1. The van der Waals surface area contributed by atoms with Crippen molar-refractivity contribution in [3.05, 3.63) is 64.9 Å². The van der Waals surface area contributed by atoms with Crippen molar-refractivity contribution in [3.63, 3.8) is 0 Å². The molecular weight excluding hydrogens is 342 g/mol. The zero-order chi connectivity index (χ0) is 18.0. The maximum absolute atomic E-state index is 12.2. The van der Waals surface area contributed by atoms with Gasteiger partial charge in [-0.1, -0.05) is 29.3 Å². The number of furan rings is 1. The van der Waals surface area contributed by atoms with Crippen LogP contribution in [0.15, 0.2) is 52.9 Å². The molecule has 3 rings (SSSR count). The molecule has 2 aromatic carbocycles. The van der Waals surface area contributed by atoms with Gasteiger partial charge in [-0.15, -0.1) is 0 Å². The second-order valence-electron chi connectivity index (χ2n) is 5.70. The van der Waals surface area contributed by atoms with E-state index in [1.165, 1.54) is 13.0 Å². The SMILES string of the molecule is Cc1ccc(NC(=O)[C@H](C)OC(=O)c2cc3cc(Cl)ccc3o2)cc1. The molecule has 1 atom stereocenters. The van der Waals surface area contributed by atoms with E-state index in [4.69, 9.17) is 20.8 Å². The molecular formula is C19H16ClNO4. The Kier molecular flexibility index (Phi) is 4.76. The third kappa shape index (κ3) is 4.00. The van der Waals surface area contributed by atoms with Crippen LogP contribution in [0.1, 0.15) is 23.0 Å². The number of nitrogens with one attached hydrogen (secondary N) is 1. The van der Waals surface area contributed by atoms with E-state index in [0.29, 0.717) is 21.7 Å². The second kappa shape index (κ2) is 6.99.